The molecule has 0 aromatic heterocycles. The number of carbonyl (C=O) groups excluding carboxylic acids is 1. The Morgan fingerprint density at radius 3 is 2.58 bits per heavy atom. The van der Waals surface area contributed by atoms with E-state index in [0.717, 1.165) is 0 Å². The zero-order valence-corrected chi connectivity index (χ0v) is 12.1. The number of ketones is 1. The second-order valence-electron chi connectivity index (χ2n) is 5.17. The number of rotatable bonds is 7. The van der Waals surface area contributed by atoms with Crippen LogP contribution in [0, 0.1) is 0 Å². The molecule has 0 saturated heterocycles. The number of hydrogen-bond acceptors (Lipinski definition) is 4. The topological polar surface area (TPSA) is 44.8 Å². The van der Waals surface area contributed by atoms with Gasteiger partial charge in [0.1, 0.15) is 12.4 Å². The van der Waals surface area contributed by atoms with E-state index in [1.54, 1.807) is 31.4 Å². The summed E-state index contributed by atoms with van der Waals surface area (Å²) in [5.74, 6) is 0.608. The Hall–Kier alpha value is -1.39. The summed E-state index contributed by atoms with van der Waals surface area (Å²) in [4.78, 5) is 11.9. The molecule has 19 heavy (non-hydrogen) atoms. The molecule has 0 unspecified atom stereocenters. The van der Waals surface area contributed by atoms with E-state index in [2.05, 4.69) is 0 Å². The van der Waals surface area contributed by atoms with Crippen LogP contribution in [0.3, 0.4) is 0 Å². The van der Waals surface area contributed by atoms with Crippen molar-refractivity contribution in [3.05, 3.63) is 29.8 Å². The summed E-state index contributed by atoms with van der Waals surface area (Å²) in [7, 11) is 1.57. The van der Waals surface area contributed by atoms with E-state index in [1.807, 2.05) is 20.8 Å². The Bertz CT molecular complexity index is 407. The van der Waals surface area contributed by atoms with Crippen molar-refractivity contribution in [1.29, 1.82) is 0 Å². The van der Waals surface area contributed by atoms with Crippen molar-refractivity contribution in [1.82, 2.24) is 0 Å². The van der Waals surface area contributed by atoms with Gasteiger partial charge in [-0.05, 0) is 32.9 Å². The highest BCUT2D eigenvalue weighted by atomic mass is 16.5. The van der Waals surface area contributed by atoms with Gasteiger partial charge in [-0.2, -0.15) is 0 Å². The summed E-state index contributed by atoms with van der Waals surface area (Å²) in [6.45, 7) is 6.89. The number of benzene rings is 1. The monoisotopic (exact) mass is 266 g/mol. The highest BCUT2D eigenvalue weighted by Crippen LogP contribution is 2.13. The maximum Gasteiger partial charge on any atom is 0.188 e. The number of methoxy groups -OCH3 is 1. The largest absolute Gasteiger partial charge is 0.497 e. The van der Waals surface area contributed by atoms with Gasteiger partial charge in [0.2, 0.25) is 0 Å². The third-order valence-corrected chi connectivity index (χ3v) is 2.39. The van der Waals surface area contributed by atoms with Crippen LogP contribution in [0.25, 0.3) is 0 Å². The molecule has 0 bridgehead atoms. The molecule has 0 N–H and O–H groups in total. The minimum Gasteiger partial charge on any atom is -0.497 e. The Morgan fingerprint density at radius 2 is 1.95 bits per heavy atom. The van der Waals surface area contributed by atoms with Gasteiger partial charge in [0, 0.05) is 5.56 Å². The molecule has 0 aliphatic rings. The molecule has 1 rings (SSSR count). The minimum absolute atomic E-state index is 0.0562. The van der Waals surface area contributed by atoms with E-state index in [4.69, 9.17) is 14.2 Å². The highest BCUT2D eigenvalue weighted by molar-refractivity contribution is 5.97. The number of hydrogen-bond donors (Lipinski definition) is 0. The van der Waals surface area contributed by atoms with Gasteiger partial charge in [-0.1, -0.05) is 12.1 Å². The average Bonchev–Trinajstić information content (AvgIpc) is 2.37. The van der Waals surface area contributed by atoms with Crippen molar-refractivity contribution >= 4 is 5.78 Å². The van der Waals surface area contributed by atoms with Gasteiger partial charge >= 0.3 is 0 Å². The van der Waals surface area contributed by atoms with Crippen LogP contribution in [0.4, 0.5) is 0 Å². The lowest BCUT2D eigenvalue weighted by atomic mass is 10.1. The van der Waals surface area contributed by atoms with Gasteiger partial charge in [-0.3, -0.25) is 4.79 Å². The first-order chi connectivity index (χ1) is 8.92. The van der Waals surface area contributed by atoms with Gasteiger partial charge in [-0.25, -0.2) is 0 Å². The number of carbonyl (C=O) groups is 1. The molecule has 0 fully saturated rings. The fourth-order valence-electron chi connectivity index (χ4n) is 1.45. The molecule has 0 atom stereocenters. The Balaban J connectivity index is 2.31. The molecule has 0 heterocycles. The highest BCUT2D eigenvalue weighted by Gasteiger charge is 2.10. The molecule has 0 radical (unpaired) electrons. The Labute approximate surface area is 114 Å². The molecule has 106 valence electrons. The predicted octanol–water partition coefficient (Wildman–Crippen LogP) is 2.71. The molecule has 0 aliphatic carbocycles. The first kappa shape index (κ1) is 15.7. The van der Waals surface area contributed by atoms with Gasteiger partial charge in [0.15, 0.2) is 5.78 Å². The van der Waals surface area contributed by atoms with Gasteiger partial charge in [0.25, 0.3) is 0 Å². The molecule has 0 aliphatic heterocycles. The van der Waals surface area contributed by atoms with Crippen LogP contribution in [-0.4, -0.2) is 38.3 Å². The van der Waals surface area contributed by atoms with Crippen molar-refractivity contribution in [2.45, 2.75) is 26.4 Å². The van der Waals surface area contributed by atoms with E-state index in [0.29, 0.717) is 24.5 Å². The summed E-state index contributed by atoms with van der Waals surface area (Å²) in [6.07, 6.45) is 0. The van der Waals surface area contributed by atoms with Crippen LogP contribution in [-0.2, 0) is 9.47 Å². The van der Waals surface area contributed by atoms with Crippen LogP contribution in [0.2, 0.25) is 0 Å². The van der Waals surface area contributed by atoms with Crippen molar-refractivity contribution in [2.75, 3.05) is 26.9 Å². The maximum atomic E-state index is 11.9. The number of ether oxygens (including phenoxy) is 3. The second kappa shape index (κ2) is 7.26. The van der Waals surface area contributed by atoms with E-state index < -0.39 is 0 Å². The molecule has 4 nitrogen and oxygen atoms in total. The molecule has 0 saturated carbocycles. The minimum atomic E-state index is -0.180. The fourth-order valence-corrected chi connectivity index (χ4v) is 1.45. The van der Waals surface area contributed by atoms with Gasteiger partial charge in [0.05, 0.1) is 25.9 Å². The van der Waals surface area contributed by atoms with Crippen LogP contribution < -0.4 is 4.74 Å². The lowest BCUT2D eigenvalue weighted by molar-refractivity contribution is -0.0324. The van der Waals surface area contributed by atoms with Crippen LogP contribution in [0.1, 0.15) is 31.1 Å². The lowest BCUT2D eigenvalue weighted by Gasteiger charge is -2.19. The summed E-state index contributed by atoms with van der Waals surface area (Å²) in [5.41, 5.74) is 0.413. The first-order valence-electron chi connectivity index (χ1n) is 6.31. The molecule has 1 aromatic carbocycles. The zero-order chi connectivity index (χ0) is 14.3. The number of Topliss-reactive ketones (excluding diaryl/α,β-unsaturated/α-hetero) is 1. The van der Waals surface area contributed by atoms with Crippen molar-refractivity contribution in [3.8, 4) is 5.75 Å². The standard InChI is InChI=1S/C15H22O4/c1-15(2,3)19-9-8-18-11-14(16)12-6-5-7-13(10-12)17-4/h5-7,10H,8-9,11H2,1-4H3. The molecule has 0 spiro atoms. The van der Waals surface area contributed by atoms with E-state index in [-0.39, 0.29) is 18.0 Å². The van der Waals surface area contributed by atoms with Gasteiger partial charge in [-0.15, -0.1) is 0 Å². The second-order valence-corrected chi connectivity index (χ2v) is 5.17. The molecular formula is C15H22O4. The summed E-state index contributed by atoms with van der Waals surface area (Å²) >= 11 is 0. The third kappa shape index (κ3) is 6.36. The molecular weight excluding hydrogens is 244 g/mol. The van der Waals surface area contributed by atoms with Crippen LogP contribution in [0.5, 0.6) is 5.75 Å². The Morgan fingerprint density at radius 1 is 1.21 bits per heavy atom. The molecule has 0 amide bonds. The quantitative estimate of drug-likeness (QED) is 0.562. The molecule has 1 aromatic rings. The van der Waals surface area contributed by atoms with Crippen LogP contribution in [0.15, 0.2) is 24.3 Å². The van der Waals surface area contributed by atoms with Gasteiger partial charge < -0.3 is 14.2 Å². The third-order valence-electron chi connectivity index (χ3n) is 2.39. The SMILES string of the molecule is COc1cccc(C(=O)COCCOC(C)(C)C)c1. The van der Waals surface area contributed by atoms with Crippen molar-refractivity contribution in [2.24, 2.45) is 0 Å². The molecule has 4 heteroatoms. The normalized spacial score (nSPS) is 11.4. The zero-order valence-electron chi connectivity index (χ0n) is 12.1. The van der Waals surface area contributed by atoms with E-state index in [1.165, 1.54) is 0 Å². The smallest absolute Gasteiger partial charge is 0.188 e. The van der Waals surface area contributed by atoms with E-state index >= 15 is 0 Å². The summed E-state index contributed by atoms with van der Waals surface area (Å²) < 4.78 is 15.9. The van der Waals surface area contributed by atoms with Crippen LogP contribution >= 0.6 is 0 Å². The fraction of sp³-hybridized carbons (Fsp3) is 0.533. The van der Waals surface area contributed by atoms with Crippen molar-refractivity contribution < 1.29 is 19.0 Å². The van der Waals surface area contributed by atoms with E-state index in [9.17, 15) is 4.79 Å². The van der Waals surface area contributed by atoms with Crippen molar-refractivity contribution in [3.63, 3.8) is 0 Å². The average molecular weight is 266 g/mol. The predicted molar refractivity (Wildman–Crippen MR) is 73.8 cm³/mol. The Kier molecular flexibility index (Phi) is 5.99. The summed E-state index contributed by atoms with van der Waals surface area (Å²) in [5, 5.41) is 0. The lowest BCUT2D eigenvalue weighted by Crippen LogP contribution is -2.22. The maximum absolute atomic E-state index is 11.9. The summed E-state index contributed by atoms with van der Waals surface area (Å²) in [6, 6.07) is 7.04. The first-order valence-corrected chi connectivity index (χ1v) is 6.31.